The van der Waals surface area contributed by atoms with Crippen LogP contribution >= 0.6 is 0 Å². The third-order valence-electron chi connectivity index (χ3n) is 4.51. The van der Waals surface area contributed by atoms with Gasteiger partial charge in [-0.25, -0.2) is 0 Å². The minimum absolute atomic E-state index is 0.713. The van der Waals surface area contributed by atoms with Crippen LogP contribution in [0.3, 0.4) is 0 Å². The maximum Gasteiger partial charge on any atom is 0.194 e. The summed E-state index contributed by atoms with van der Waals surface area (Å²) in [4.78, 5) is 6.79. The van der Waals surface area contributed by atoms with Crippen molar-refractivity contribution in [3.8, 4) is 0 Å². The van der Waals surface area contributed by atoms with E-state index in [9.17, 15) is 0 Å². The molecule has 1 aromatic rings. The molecule has 6 heteroatoms. The Labute approximate surface area is 126 Å². The van der Waals surface area contributed by atoms with E-state index in [2.05, 4.69) is 36.9 Å². The first-order valence-corrected chi connectivity index (χ1v) is 8.14. The first kappa shape index (κ1) is 14.4. The number of guanidine groups is 1. The van der Waals surface area contributed by atoms with Gasteiger partial charge < -0.3 is 14.8 Å². The smallest absolute Gasteiger partial charge is 0.194 e. The third kappa shape index (κ3) is 3.19. The average molecular weight is 290 g/mol. The fourth-order valence-electron chi connectivity index (χ4n) is 3.37. The van der Waals surface area contributed by atoms with Crippen molar-refractivity contribution in [2.24, 2.45) is 10.9 Å². The van der Waals surface area contributed by atoms with Crippen LogP contribution in [0.4, 0.5) is 0 Å². The quantitative estimate of drug-likeness (QED) is 0.661. The summed E-state index contributed by atoms with van der Waals surface area (Å²) in [5.74, 6) is 3.92. The van der Waals surface area contributed by atoms with Crippen LogP contribution in [0.25, 0.3) is 0 Å². The number of fused-ring (bicyclic) bond motifs is 1. The molecule has 0 saturated carbocycles. The van der Waals surface area contributed by atoms with E-state index < -0.39 is 0 Å². The predicted octanol–water partition coefficient (Wildman–Crippen LogP) is 1.42. The molecule has 3 rings (SSSR count). The van der Waals surface area contributed by atoms with E-state index in [1.165, 1.54) is 25.7 Å². The Morgan fingerprint density at radius 3 is 3.00 bits per heavy atom. The molecule has 0 amide bonds. The Morgan fingerprint density at radius 2 is 2.19 bits per heavy atom. The molecule has 1 aromatic heterocycles. The highest BCUT2D eigenvalue weighted by Crippen LogP contribution is 2.16. The van der Waals surface area contributed by atoms with Gasteiger partial charge in [-0.15, -0.1) is 10.2 Å². The van der Waals surface area contributed by atoms with Crippen LogP contribution < -0.4 is 5.32 Å². The molecule has 3 heterocycles. The zero-order valence-electron chi connectivity index (χ0n) is 13.2. The second-order valence-electron chi connectivity index (χ2n) is 6.24. The number of nitrogens with one attached hydrogen (secondary N) is 1. The van der Waals surface area contributed by atoms with Crippen LogP contribution in [0.15, 0.2) is 4.99 Å². The lowest BCUT2D eigenvalue weighted by atomic mass is 10.0. The Balaban J connectivity index is 1.62. The van der Waals surface area contributed by atoms with Crippen molar-refractivity contribution in [3.05, 3.63) is 11.6 Å². The van der Waals surface area contributed by atoms with Crippen molar-refractivity contribution in [3.63, 3.8) is 0 Å². The number of nitrogens with zero attached hydrogens (tertiary/aromatic N) is 5. The zero-order valence-corrected chi connectivity index (χ0v) is 13.2. The fourth-order valence-corrected chi connectivity index (χ4v) is 3.37. The summed E-state index contributed by atoms with van der Waals surface area (Å²) in [6, 6.07) is 0. The van der Waals surface area contributed by atoms with E-state index in [0.717, 1.165) is 49.6 Å². The Bertz CT molecular complexity index is 506. The SMILES string of the molecule is CN=C(NCc1nnc2n1CCCC2)N1CCCC(C)C1. The second kappa shape index (κ2) is 6.45. The molecule has 0 spiro atoms. The molecule has 0 aromatic carbocycles. The summed E-state index contributed by atoms with van der Waals surface area (Å²) in [5, 5.41) is 12.1. The minimum Gasteiger partial charge on any atom is -0.349 e. The second-order valence-corrected chi connectivity index (χ2v) is 6.24. The Kier molecular flexibility index (Phi) is 4.41. The highest BCUT2D eigenvalue weighted by Gasteiger charge is 2.20. The van der Waals surface area contributed by atoms with Gasteiger partial charge in [-0.05, 0) is 31.6 Å². The van der Waals surface area contributed by atoms with Gasteiger partial charge in [0.15, 0.2) is 11.8 Å². The average Bonchev–Trinajstić information content (AvgIpc) is 2.91. The maximum atomic E-state index is 4.43. The van der Waals surface area contributed by atoms with Gasteiger partial charge in [-0.2, -0.15) is 0 Å². The summed E-state index contributed by atoms with van der Waals surface area (Å²) in [6.45, 7) is 6.27. The monoisotopic (exact) mass is 290 g/mol. The van der Waals surface area contributed by atoms with Gasteiger partial charge in [0.05, 0.1) is 6.54 Å². The first-order chi connectivity index (χ1) is 10.3. The van der Waals surface area contributed by atoms with E-state index in [1.807, 2.05) is 7.05 Å². The van der Waals surface area contributed by atoms with Crippen LogP contribution in [0.1, 0.15) is 44.3 Å². The molecular weight excluding hydrogens is 264 g/mol. The molecule has 116 valence electrons. The van der Waals surface area contributed by atoms with Crippen molar-refractivity contribution in [2.45, 2.75) is 52.1 Å². The van der Waals surface area contributed by atoms with Crippen molar-refractivity contribution >= 4 is 5.96 Å². The van der Waals surface area contributed by atoms with Crippen molar-refractivity contribution in [2.75, 3.05) is 20.1 Å². The molecule has 0 bridgehead atoms. The molecule has 0 radical (unpaired) electrons. The van der Waals surface area contributed by atoms with Crippen LogP contribution in [-0.2, 0) is 19.5 Å². The number of aryl methyl sites for hydroxylation is 1. The number of rotatable bonds is 2. The van der Waals surface area contributed by atoms with E-state index >= 15 is 0 Å². The predicted molar refractivity (Wildman–Crippen MR) is 83.1 cm³/mol. The topological polar surface area (TPSA) is 58.3 Å². The molecule has 1 unspecified atom stereocenters. The number of hydrogen-bond donors (Lipinski definition) is 1. The van der Waals surface area contributed by atoms with Gasteiger partial charge in [-0.1, -0.05) is 6.92 Å². The van der Waals surface area contributed by atoms with Crippen LogP contribution in [0, 0.1) is 5.92 Å². The van der Waals surface area contributed by atoms with E-state index in [-0.39, 0.29) is 0 Å². The van der Waals surface area contributed by atoms with E-state index in [1.54, 1.807) is 0 Å². The summed E-state index contributed by atoms with van der Waals surface area (Å²) in [6.07, 6.45) is 6.11. The summed E-state index contributed by atoms with van der Waals surface area (Å²) in [5.41, 5.74) is 0. The highest BCUT2D eigenvalue weighted by molar-refractivity contribution is 5.79. The highest BCUT2D eigenvalue weighted by atomic mass is 15.3. The molecule has 1 saturated heterocycles. The number of hydrogen-bond acceptors (Lipinski definition) is 3. The summed E-state index contributed by atoms with van der Waals surface area (Å²) < 4.78 is 2.27. The van der Waals surface area contributed by atoms with Gasteiger partial charge >= 0.3 is 0 Å². The first-order valence-electron chi connectivity index (χ1n) is 8.14. The minimum atomic E-state index is 0.713. The number of piperidine rings is 1. The van der Waals surface area contributed by atoms with Crippen molar-refractivity contribution in [1.29, 1.82) is 0 Å². The molecule has 21 heavy (non-hydrogen) atoms. The van der Waals surface area contributed by atoms with Gasteiger partial charge in [0.1, 0.15) is 5.82 Å². The van der Waals surface area contributed by atoms with Crippen LogP contribution in [0.2, 0.25) is 0 Å². The van der Waals surface area contributed by atoms with Gasteiger partial charge in [-0.3, -0.25) is 4.99 Å². The zero-order chi connectivity index (χ0) is 14.7. The Hall–Kier alpha value is -1.59. The van der Waals surface area contributed by atoms with Gasteiger partial charge in [0.25, 0.3) is 0 Å². The number of likely N-dealkylation sites (tertiary alicyclic amines) is 1. The maximum absolute atomic E-state index is 4.43. The van der Waals surface area contributed by atoms with Gasteiger partial charge in [0, 0.05) is 33.1 Å². The largest absolute Gasteiger partial charge is 0.349 e. The molecule has 1 atom stereocenters. The molecule has 2 aliphatic rings. The van der Waals surface area contributed by atoms with Crippen LogP contribution in [-0.4, -0.2) is 45.8 Å². The lowest BCUT2D eigenvalue weighted by Gasteiger charge is -2.33. The van der Waals surface area contributed by atoms with E-state index in [0.29, 0.717) is 6.54 Å². The van der Waals surface area contributed by atoms with Gasteiger partial charge in [0.2, 0.25) is 0 Å². The lowest BCUT2D eigenvalue weighted by molar-refractivity contribution is 0.265. The molecule has 2 aliphatic heterocycles. The molecule has 6 nitrogen and oxygen atoms in total. The molecule has 1 N–H and O–H groups in total. The van der Waals surface area contributed by atoms with Crippen LogP contribution in [0.5, 0.6) is 0 Å². The lowest BCUT2D eigenvalue weighted by Crippen LogP contribution is -2.46. The third-order valence-corrected chi connectivity index (χ3v) is 4.51. The normalized spacial score (nSPS) is 23.0. The summed E-state index contributed by atoms with van der Waals surface area (Å²) >= 11 is 0. The fraction of sp³-hybridized carbons (Fsp3) is 0.800. The summed E-state index contributed by atoms with van der Waals surface area (Å²) in [7, 11) is 1.86. The molecular formula is C15H26N6. The number of aliphatic imine (C=N–C) groups is 1. The number of aromatic nitrogens is 3. The molecule has 1 fully saturated rings. The van der Waals surface area contributed by atoms with Crippen molar-refractivity contribution < 1.29 is 0 Å². The van der Waals surface area contributed by atoms with E-state index in [4.69, 9.17) is 0 Å². The molecule has 0 aliphatic carbocycles. The van der Waals surface area contributed by atoms with Crippen molar-refractivity contribution in [1.82, 2.24) is 25.0 Å². The standard InChI is InChI=1S/C15H26N6/c1-12-6-5-8-20(11-12)15(16-2)17-10-14-19-18-13-7-3-4-9-21(13)14/h12H,3-11H2,1-2H3,(H,16,17). The Morgan fingerprint density at radius 1 is 1.29 bits per heavy atom.